The minimum Gasteiger partial charge on any atom is -0.323 e. The largest absolute Gasteiger partial charge is 0.323 e. The molecule has 0 saturated heterocycles. The summed E-state index contributed by atoms with van der Waals surface area (Å²) >= 11 is 0. The number of amides is 1. The Bertz CT molecular complexity index is 530. The van der Waals surface area contributed by atoms with Crippen molar-refractivity contribution in [1.82, 2.24) is 4.90 Å². The third-order valence-corrected chi connectivity index (χ3v) is 4.38. The lowest BCUT2D eigenvalue weighted by Gasteiger charge is -2.22. The van der Waals surface area contributed by atoms with Crippen molar-refractivity contribution in [3.63, 3.8) is 0 Å². The molecular formula is C17H22N2O. The van der Waals surface area contributed by atoms with Crippen LogP contribution in [0.3, 0.4) is 0 Å². The summed E-state index contributed by atoms with van der Waals surface area (Å²) in [6.45, 7) is 3.96. The van der Waals surface area contributed by atoms with Gasteiger partial charge >= 0.3 is 0 Å². The topological polar surface area (TPSA) is 32.3 Å². The molecule has 3 nitrogen and oxygen atoms in total. The minimum absolute atomic E-state index is 0.0573. The van der Waals surface area contributed by atoms with Gasteiger partial charge in [0.25, 0.3) is 0 Å². The maximum Gasteiger partial charge on any atom is 0.248 e. The van der Waals surface area contributed by atoms with Gasteiger partial charge in [-0.05, 0) is 49.1 Å². The van der Waals surface area contributed by atoms with E-state index in [0.717, 1.165) is 24.8 Å². The average molecular weight is 270 g/mol. The van der Waals surface area contributed by atoms with Gasteiger partial charge < -0.3 is 5.32 Å². The number of nitrogens with zero attached hydrogens (tertiary/aromatic N) is 1. The van der Waals surface area contributed by atoms with Crippen LogP contribution in [0.4, 0.5) is 5.69 Å². The van der Waals surface area contributed by atoms with Crippen LogP contribution in [0.15, 0.2) is 30.4 Å². The number of benzene rings is 1. The fourth-order valence-corrected chi connectivity index (χ4v) is 3.36. The molecular weight excluding hydrogens is 248 g/mol. The molecule has 1 heterocycles. The van der Waals surface area contributed by atoms with Crippen LogP contribution in [0.2, 0.25) is 0 Å². The van der Waals surface area contributed by atoms with E-state index >= 15 is 0 Å². The van der Waals surface area contributed by atoms with Crippen molar-refractivity contribution in [2.45, 2.75) is 51.7 Å². The Balaban J connectivity index is 1.69. The van der Waals surface area contributed by atoms with Gasteiger partial charge in [-0.1, -0.05) is 25.0 Å². The number of nitrogens with one attached hydrogen (secondary N) is 1. The van der Waals surface area contributed by atoms with Crippen LogP contribution in [-0.2, 0) is 17.9 Å². The van der Waals surface area contributed by atoms with Crippen LogP contribution in [0, 0.1) is 0 Å². The smallest absolute Gasteiger partial charge is 0.248 e. The number of fused-ring (bicyclic) bond motifs is 1. The van der Waals surface area contributed by atoms with Crippen LogP contribution in [-0.4, -0.2) is 16.8 Å². The molecule has 1 aliphatic heterocycles. The maximum atomic E-state index is 11.6. The van der Waals surface area contributed by atoms with E-state index in [9.17, 15) is 4.79 Å². The third kappa shape index (κ3) is 2.78. The van der Waals surface area contributed by atoms with Crippen LogP contribution in [0.25, 0.3) is 0 Å². The predicted octanol–water partition coefficient (Wildman–Crippen LogP) is 3.46. The molecule has 1 aliphatic carbocycles. The average Bonchev–Trinajstić information content (AvgIpc) is 3.07. The van der Waals surface area contributed by atoms with E-state index < -0.39 is 0 Å². The van der Waals surface area contributed by atoms with Gasteiger partial charge in [-0.2, -0.15) is 0 Å². The molecule has 0 bridgehead atoms. The Hall–Kier alpha value is -1.61. The van der Waals surface area contributed by atoms with E-state index in [1.165, 1.54) is 36.8 Å². The highest BCUT2D eigenvalue weighted by Gasteiger charge is 2.27. The molecule has 1 aromatic rings. The summed E-state index contributed by atoms with van der Waals surface area (Å²) in [5.74, 6) is -0.0573. The molecule has 1 amide bonds. The molecule has 0 spiro atoms. The number of allylic oxidation sites excluding steroid dienone is 1. The molecule has 106 valence electrons. The summed E-state index contributed by atoms with van der Waals surface area (Å²) in [5, 5.41) is 2.91. The fraction of sp³-hybridized carbons (Fsp3) is 0.471. The van der Waals surface area contributed by atoms with Gasteiger partial charge in [-0.15, -0.1) is 0 Å². The van der Waals surface area contributed by atoms with Gasteiger partial charge in [0.15, 0.2) is 0 Å². The van der Waals surface area contributed by atoms with E-state index in [2.05, 4.69) is 22.3 Å². The number of hydrogen-bond donors (Lipinski definition) is 1. The fourth-order valence-electron chi connectivity index (χ4n) is 3.36. The van der Waals surface area contributed by atoms with E-state index in [1.54, 1.807) is 12.2 Å². The predicted molar refractivity (Wildman–Crippen MR) is 81.4 cm³/mol. The minimum atomic E-state index is -0.0573. The molecule has 0 unspecified atom stereocenters. The number of anilines is 1. The highest BCUT2D eigenvalue weighted by molar-refractivity contribution is 5.99. The number of rotatable bonds is 3. The Kier molecular flexibility index (Phi) is 3.88. The van der Waals surface area contributed by atoms with E-state index in [0.29, 0.717) is 0 Å². The van der Waals surface area contributed by atoms with E-state index in [1.807, 2.05) is 13.0 Å². The quantitative estimate of drug-likeness (QED) is 0.853. The standard InChI is InChI=1S/C17H22N2O/c1-2-5-17(20)18-15-9-8-13-11-19(12-14(13)10-15)16-6-3-4-7-16/h2,5,8-10,16H,3-4,6-7,11-12H2,1H3,(H,18,20)/b5-2+. The van der Waals surface area contributed by atoms with Crippen molar-refractivity contribution in [1.29, 1.82) is 0 Å². The summed E-state index contributed by atoms with van der Waals surface area (Å²) in [7, 11) is 0. The normalized spacial score (nSPS) is 19.6. The lowest BCUT2D eigenvalue weighted by Crippen LogP contribution is -2.27. The first-order chi connectivity index (χ1) is 9.76. The molecule has 0 aromatic heterocycles. The zero-order valence-electron chi connectivity index (χ0n) is 12.1. The second kappa shape index (κ2) is 5.80. The van der Waals surface area contributed by atoms with Gasteiger partial charge in [0, 0.05) is 24.8 Å². The monoisotopic (exact) mass is 270 g/mol. The first-order valence-corrected chi connectivity index (χ1v) is 7.56. The van der Waals surface area contributed by atoms with Crippen molar-refractivity contribution >= 4 is 11.6 Å². The van der Waals surface area contributed by atoms with Crippen LogP contribution in [0.1, 0.15) is 43.7 Å². The SMILES string of the molecule is C/C=C/C(=O)Nc1ccc2c(c1)CN(C1CCCC1)C2. The molecule has 1 N–H and O–H groups in total. The molecule has 3 rings (SSSR count). The summed E-state index contributed by atoms with van der Waals surface area (Å²) in [6, 6.07) is 7.07. The van der Waals surface area contributed by atoms with Crippen LogP contribution in [0.5, 0.6) is 0 Å². The molecule has 1 saturated carbocycles. The zero-order valence-corrected chi connectivity index (χ0v) is 12.1. The zero-order chi connectivity index (χ0) is 13.9. The van der Waals surface area contributed by atoms with Crippen molar-refractivity contribution in [3.8, 4) is 0 Å². The molecule has 0 atom stereocenters. The Labute approximate surface area is 120 Å². The van der Waals surface area contributed by atoms with E-state index in [4.69, 9.17) is 0 Å². The van der Waals surface area contributed by atoms with Crippen molar-refractivity contribution < 1.29 is 4.79 Å². The number of carbonyl (C=O) groups excluding carboxylic acids is 1. The van der Waals surface area contributed by atoms with Gasteiger partial charge in [-0.3, -0.25) is 9.69 Å². The Morgan fingerprint density at radius 1 is 1.25 bits per heavy atom. The lowest BCUT2D eigenvalue weighted by molar-refractivity contribution is -0.111. The second-order valence-corrected chi connectivity index (χ2v) is 5.82. The van der Waals surface area contributed by atoms with Crippen molar-refractivity contribution in [3.05, 3.63) is 41.5 Å². The third-order valence-electron chi connectivity index (χ3n) is 4.38. The molecule has 2 aliphatic rings. The number of carbonyl (C=O) groups is 1. The summed E-state index contributed by atoms with van der Waals surface area (Å²) in [6.07, 6.45) is 8.75. The van der Waals surface area contributed by atoms with Gasteiger partial charge in [-0.25, -0.2) is 0 Å². The van der Waals surface area contributed by atoms with Gasteiger partial charge in [0.05, 0.1) is 0 Å². The maximum absolute atomic E-state index is 11.6. The summed E-state index contributed by atoms with van der Waals surface area (Å²) in [5.41, 5.74) is 3.69. The van der Waals surface area contributed by atoms with Gasteiger partial charge in [0.1, 0.15) is 0 Å². The Morgan fingerprint density at radius 2 is 2.00 bits per heavy atom. The first kappa shape index (κ1) is 13.4. The molecule has 0 radical (unpaired) electrons. The molecule has 1 fully saturated rings. The highest BCUT2D eigenvalue weighted by atomic mass is 16.1. The van der Waals surface area contributed by atoms with E-state index in [-0.39, 0.29) is 5.91 Å². The van der Waals surface area contributed by atoms with Crippen molar-refractivity contribution in [2.24, 2.45) is 0 Å². The van der Waals surface area contributed by atoms with Crippen LogP contribution >= 0.6 is 0 Å². The molecule has 20 heavy (non-hydrogen) atoms. The summed E-state index contributed by atoms with van der Waals surface area (Å²) < 4.78 is 0. The number of hydrogen-bond acceptors (Lipinski definition) is 2. The second-order valence-electron chi connectivity index (χ2n) is 5.82. The molecule has 1 aromatic carbocycles. The van der Waals surface area contributed by atoms with Crippen molar-refractivity contribution in [2.75, 3.05) is 5.32 Å². The van der Waals surface area contributed by atoms with Crippen LogP contribution < -0.4 is 5.32 Å². The highest BCUT2D eigenvalue weighted by Crippen LogP contribution is 2.32. The first-order valence-electron chi connectivity index (χ1n) is 7.56. The molecule has 3 heteroatoms. The lowest BCUT2D eigenvalue weighted by atomic mass is 10.1. The summed E-state index contributed by atoms with van der Waals surface area (Å²) in [4.78, 5) is 14.2. The Morgan fingerprint density at radius 3 is 2.75 bits per heavy atom. The van der Waals surface area contributed by atoms with Gasteiger partial charge in [0.2, 0.25) is 5.91 Å².